The number of carboxylic acid groups (broad SMARTS) is 1. The molecule has 0 bridgehead atoms. The highest BCUT2D eigenvalue weighted by Gasteiger charge is 2.23. The zero-order valence-electron chi connectivity index (χ0n) is 19.1. The number of nitrogens with zero attached hydrogens (tertiary/aromatic N) is 4. The van der Waals surface area contributed by atoms with Gasteiger partial charge in [0.05, 0.1) is 16.6 Å². The number of hydrogen-bond donors (Lipinski definition) is 1. The van der Waals surface area contributed by atoms with Gasteiger partial charge in [-0.3, -0.25) is 4.79 Å². The lowest BCUT2D eigenvalue weighted by molar-refractivity contribution is -0.136. The van der Waals surface area contributed by atoms with E-state index in [4.69, 9.17) is 21.6 Å². The minimum Gasteiger partial charge on any atom is -0.481 e. The summed E-state index contributed by atoms with van der Waals surface area (Å²) in [5.74, 6) is 0.381. The van der Waals surface area contributed by atoms with Crippen molar-refractivity contribution in [1.29, 1.82) is 0 Å². The molecule has 0 amide bonds. The van der Waals surface area contributed by atoms with Crippen LogP contribution in [0, 0.1) is 6.92 Å². The van der Waals surface area contributed by atoms with E-state index in [0.717, 1.165) is 74.9 Å². The van der Waals surface area contributed by atoms with Crippen LogP contribution >= 0.6 is 22.9 Å². The first-order chi connectivity index (χ1) is 16.4. The number of thiazole rings is 1. The number of hydrogen-bond acceptors (Lipinski definition) is 6. The Balaban J connectivity index is 1.62. The molecule has 34 heavy (non-hydrogen) atoms. The summed E-state index contributed by atoms with van der Waals surface area (Å²) in [6, 6.07) is 11.4. The number of likely N-dealkylation sites (tertiary alicyclic amines) is 1. The molecule has 1 N–H and O–H groups in total. The van der Waals surface area contributed by atoms with Crippen LogP contribution in [0.15, 0.2) is 42.6 Å². The van der Waals surface area contributed by atoms with E-state index in [2.05, 4.69) is 16.9 Å². The molecule has 1 aliphatic heterocycles. The molecular weight excluding hydrogens is 468 g/mol. The number of carbonyl (C=O) groups is 1. The van der Waals surface area contributed by atoms with Crippen LogP contribution in [-0.2, 0) is 11.2 Å². The molecule has 174 valence electrons. The van der Waals surface area contributed by atoms with E-state index in [-0.39, 0.29) is 6.42 Å². The van der Waals surface area contributed by atoms with Gasteiger partial charge in [0.2, 0.25) is 0 Å². The topological polar surface area (TPSA) is 79.2 Å². The first-order valence-electron chi connectivity index (χ1n) is 11.3. The monoisotopic (exact) mass is 492 g/mol. The van der Waals surface area contributed by atoms with E-state index in [1.54, 1.807) is 11.3 Å². The van der Waals surface area contributed by atoms with Gasteiger partial charge in [-0.05, 0) is 80.9 Å². The largest absolute Gasteiger partial charge is 0.481 e. The van der Waals surface area contributed by atoms with Crippen molar-refractivity contribution in [2.45, 2.75) is 32.1 Å². The van der Waals surface area contributed by atoms with Gasteiger partial charge in [-0.1, -0.05) is 23.7 Å². The predicted octanol–water partition coefficient (Wildman–Crippen LogP) is 5.82. The number of halogens is 1. The van der Waals surface area contributed by atoms with Crippen LogP contribution in [-0.4, -0.2) is 51.1 Å². The van der Waals surface area contributed by atoms with E-state index >= 15 is 0 Å². The van der Waals surface area contributed by atoms with Gasteiger partial charge in [0.1, 0.15) is 16.5 Å². The van der Waals surface area contributed by atoms with Gasteiger partial charge in [0.15, 0.2) is 0 Å². The maximum atomic E-state index is 11.7. The normalized spacial score (nSPS) is 15.1. The van der Waals surface area contributed by atoms with Crippen molar-refractivity contribution in [3.05, 3.63) is 64.6 Å². The van der Waals surface area contributed by atoms with Gasteiger partial charge in [-0.15, -0.1) is 11.3 Å². The Labute approximate surface area is 207 Å². The van der Waals surface area contributed by atoms with Crippen LogP contribution in [0.5, 0.6) is 0 Å². The smallest absolute Gasteiger partial charge is 0.307 e. The molecular formula is C26H25ClN4O2S. The Hall–Kier alpha value is -2.87. The third-order valence-electron chi connectivity index (χ3n) is 6.45. The zero-order valence-corrected chi connectivity index (χ0v) is 20.7. The second-order valence-corrected chi connectivity index (χ2v) is 10.3. The number of carboxylic acids is 1. The SMILES string of the molecule is Cc1cc2nc(-c3ccnc(C4CCN(C)CC4)n3)sc2c(-c2ccc(Cl)cc2)c1CC(=O)O. The van der Waals surface area contributed by atoms with E-state index in [0.29, 0.717) is 10.9 Å². The molecule has 0 saturated carbocycles. The fraction of sp³-hybridized carbons (Fsp3) is 0.308. The Bertz CT molecular complexity index is 1360. The maximum absolute atomic E-state index is 11.7. The van der Waals surface area contributed by atoms with Crippen molar-refractivity contribution in [1.82, 2.24) is 19.9 Å². The predicted molar refractivity (Wildman–Crippen MR) is 137 cm³/mol. The van der Waals surface area contributed by atoms with Gasteiger partial charge in [0.25, 0.3) is 0 Å². The summed E-state index contributed by atoms with van der Waals surface area (Å²) in [6.07, 6.45) is 3.88. The summed E-state index contributed by atoms with van der Waals surface area (Å²) >= 11 is 7.67. The Morgan fingerprint density at radius 3 is 2.62 bits per heavy atom. The lowest BCUT2D eigenvalue weighted by Gasteiger charge is -2.27. The van der Waals surface area contributed by atoms with Crippen LogP contribution in [0.3, 0.4) is 0 Å². The summed E-state index contributed by atoms with van der Waals surface area (Å²) in [5.41, 5.74) is 5.20. The third-order valence-corrected chi connectivity index (χ3v) is 7.81. The maximum Gasteiger partial charge on any atom is 0.307 e. The highest BCUT2D eigenvalue weighted by atomic mass is 35.5. The molecule has 5 rings (SSSR count). The minimum absolute atomic E-state index is 0.0548. The van der Waals surface area contributed by atoms with Crippen LogP contribution in [0.1, 0.15) is 35.7 Å². The molecule has 3 heterocycles. The average Bonchev–Trinajstić information content (AvgIpc) is 3.24. The van der Waals surface area contributed by atoms with Gasteiger partial charge < -0.3 is 10.0 Å². The number of aryl methyl sites for hydroxylation is 1. The van der Waals surface area contributed by atoms with Gasteiger partial charge in [-0.25, -0.2) is 15.0 Å². The van der Waals surface area contributed by atoms with E-state index in [1.165, 1.54) is 0 Å². The fourth-order valence-electron chi connectivity index (χ4n) is 4.60. The molecule has 8 heteroatoms. The molecule has 0 radical (unpaired) electrons. The van der Waals surface area contributed by atoms with Crippen LogP contribution in [0.2, 0.25) is 5.02 Å². The van der Waals surface area contributed by atoms with Gasteiger partial charge in [0, 0.05) is 22.7 Å². The van der Waals surface area contributed by atoms with E-state index < -0.39 is 5.97 Å². The van der Waals surface area contributed by atoms with E-state index in [9.17, 15) is 9.90 Å². The number of aromatic nitrogens is 3. The molecule has 1 saturated heterocycles. The van der Waals surface area contributed by atoms with Crippen molar-refractivity contribution in [2.24, 2.45) is 0 Å². The first kappa shape index (κ1) is 22.9. The number of rotatable bonds is 5. The van der Waals surface area contributed by atoms with Crippen LogP contribution in [0.25, 0.3) is 32.0 Å². The second-order valence-electron chi connectivity index (χ2n) is 8.87. The molecule has 2 aromatic carbocycles. The van der Waals surface area contributed by atoms with Crippen molar-refractivity contribution < 1.29 is 9.90 Å². The molecule has 0 aliphatic carbocycles. The van der Waals surface area contributed by atoms with Crippen molar-refractivity contribution in [3.63, 3.8) is 0 Å². The number of fused-ring (bicyclic) bond motifs is 1. The Morgan fingerprint density at radius 2 is 1.91 bits per heavy atom. The summed E-state index contributed by atoms with van der Waals surface area (Å²) in [4.78, 5) is 28.4. The molecule has 6 nitrogen and oxygen atoms in total. The number of aliphatic carboxylic acids is 1. The van der Waals surface area contributed by atoms with Crippen molar-refractivity contribution >= 4 is 39.1 Å². The van der Waals surface area contributed by atoms with E-state index in [1.807, 2.05) is 49.5 Å². The lowest BCUT2D eigenvalue weighted by Crippen LogP contribution is -2.29. The summed E-state index contributed by atoms with van der Waals surface area (Å²) in [5, 5.41) is 11.0. The van der Waals surface area contributed by atoms with Crippen molar-refractivity contribution in [3.8, 4) is 21.8 Å². The molecule has 1 aliphatic rings. The Morgan fingerprint density at radius 1 is 1.18 bits per heavy atom. The van der Waals surface area contributed by atoms with Gasteiger partial charge >= 0.3 is 5.97 Å². The lowest BCUT2D eigenvalue weighted by atomic mass is 9.93. The highest BCUT2D eigenvalue weighted by molar-refractivity contribution is 7.22. The average molecular weight is 493 g/mol. The number of piperidine rings is 1. The quantitative estimate of drug-likeness (QED) is 0.378. The van der Waals surface area contributed by atoms with Gasteiger partial charge in [-0.2, -0.15) is 0 Å². The fourth-order valence-corrected chi connectivity index (χ4v) is 5.84. The minimum atomic E-state index is -0.860. The molecule has 1 fully saturated rings. The summed E-state index contributed by atoms with van der Waals surface area (Å²) in [7, 11) is 2.15. The molecule has 2 aromatic heterocycles. The standard InChI is InChI=1S/C26H25ClN4O2S/c1-15-13-21-24(23(19(15)14-22(32)33)16-3-5-18(27)6-4-16)34-26(30-21)20-7-10-28-25(29-20)17-8-11-31(2)12-9-17/h3-7,10,13,17H,8-9,11-12,14H2,1-2H3,(H,32,33). The summed E-state index contributed by atoms with van der Waals surface area (Å²) < 4.78 is 0.957. The first-order valence-corrected chi connectivity index (χ1v) is 12.5. The van der Waals surface area contributed by atoms with Crippen molar-refractivity contribution in [2.75, 3.05) is 20.1 Å². The zero-order chi connectivity index (χ0) is 23.8. The molecule has 4 aromatic rings. The third kappa shape index (κ3) is 4.56. The number of benzene rings is 2. The Kier molecular flexibility index (Phi) is 6.34. The molecule has 0 unspecified atom stereocenters. The van der Waals surface area contributed by atoms with Crippen LogP contribution < -0.4 is 0 Å². The molecule has 0 atom stereocenters. The molecule has 0 spiro atoms. The highest BCUT2D eigenvalue weighted by Crippen LogP contribution is 2.41. The van der Waals surface area contributed by atoms with Crippen LogP contribution in [0.4, 0.5) is 0 Å². The summed E-state index contributed by atoms with van der Waals surface area (Å²) in [6.45, 7) is 4.05. The second kappa shape index (κ2) is 9.41.